The highest BCUT2D eigenvalue weighted by molar-refractivity contribution is 14.0. The summed E-state index contributed by atoms with van der Waals surface area (Å²) in [6.07, 6.45) is 8.84. The summed E-state index contributed by atoms with van der Waals surface area (Å²) in [7, 11) is 3.65. The second-order valence-electron chi connectivity index (χ2n) is 8.94. The molecule has 29 heavy (non-hydrogen) atoms. The monoisotopic (exact) mass is 513 g/mol. The standard InChI is InChI=1S/C23H35N3O2.HI/c1-24-21(26-14-12-22(17-26)13-15-28-18-22)25-16-23(10-4-3-5-11-23)19-6-8-20(27-2)9-7-19;/h6-9H,3-5,10-18H2,1-2H3,(H,24,25);1H. The zero-order valence-corrected chi connectivity index (χ0v) is 20.2. The van der Waals surface area contributed by atoms with Crippen molar-refractivity contribution in [3.05, 3.63) is 29.8 Å². The van der Waals surface area contributed by atoms with Crippen LogP contribution < -0.4 is 10.1 Å². The van der Waals surface area contributed by atoms with Gasteiger partial charge in [0, 0.05) is 44.1 Å². The third kappa shape index (κ3) is 4.84. The maximum Gasteiger partial charge on any atom is 0.193 e. The second kappa shape index (κ2) is 9.86. The average molecular weight is 513 g/mol. The summed E-state index contributed by atoms with van der Waals surface area (Å²) in [6.45, 7) is 4.93. The predicted molar refractivity (Wildman–Crippen MR) is 129 cm³/mol. The predicted octanol–water partition coefficient (Wildman–Crippen LogP) is 4.20. The topological polar surface area (TPSA) is 46.1 Å². The number of hydrogen-bond donors (Lipinski definition) is 1. The number of methoxy groups -OCH3 is 1. The molecule has 1 spiro atoms. The van der Waals surface area contributed by atoms with E-state index in [1.165, 1.54) is 50.5 Å². The molecule has 1 saturated carbocycles. The lowest BCUT2D eigenvalue weighted by molar-refractivity contribution is 0.156. The molecule has 0 amide bonds. The first kappa shape index (κ1) is 22.7. The van der Waals surface area contributed by atoms with Crippen LogP contribution >= 0.6 is 24.0 Å². The maximum atomic E-state index is 5.69. The molecule has 4 rings (SSSR count). The van der Waals surface area contributed by atoms with E-state index in [1.54, 1.807) is 7.11 Å². The largest absolute Gasteiger partial charge is 0.497 e. The van der Waals surface area contributed by atoms with Gasteiger partial charge in [0.1, 0.15) is 5.75 Å². The lowest BCUT2D eigenvalue weighted by atomic mass is 9.69. The summed E-state index contributed by atoms with van der Waals surface area (Å²) in [6, 6.07) is 8.72. The minimum absolute atomic E-state index is 0. The van der Waals surface area contributed by atoms with Crippen LogP contribution in [0.4, 0.5) is 0 Å². The van der Waals surface area contributed by atoms with Gasteiger partial charge in [-0.25, -0.2) is 0 Å². The smallest absolute Gasteiger partial charge is 0.193 e. The molecular weight excluding hydrogens is 477 g/mol. The number of nitrogens with one attached hydrogen (secondary N) is 1. The molecule has 1 unspecified atom stereocenters. The Bertz CT molecular complexity index is 680. The first-order chi connectivity index (χ1) is 13.7. The van der Waals surface area contributed by atoms with E-state index in [0.717, 1.165) is 44.6 Å². The van der Waals surface area contributed by atoms with Gasteiger partial charge in [0.05, 0.1) is 13.7 Å². The van der Waals surface area contributed by atoms with E-state index in [9.17, 15) is 0 Å². The third-order valence-corrected chi connectivity index (χ3v) is 7.23. The van der Waals surface area contributed by atoms with Gasteiger partial charge in [-0.2, -0.15) is 0 Å². The van der Waals surface area contributed by atoms with E-state index in [1.807, 2.05) is 7.05 Å². The Morgan fingerprint density at radius 1 is 1.14 bits per heavy atom. The van der Waals surface area contributed by atoms with E-state index in [2.05, 4.69) is 39.5 Å². The molecule has 5 nitrogen and oxygen atoms in total. The van der Waals surface area contributed by atoms with Gasteiger partial charge in [0.2, 0.25) is 0 Å². The van der Waals surface area contributed by atoms with Crippen molar-refractivity contribution in [2.75, 3.05) is 47.0 Å². The minimum Gasteiger partial charge on any atom is -0.497 e. The van der Waals surface area contributed by atoms with Gasteiger partial charge < -0.3 is 19.7 Å². The van der Waals surface area contributed by atoms with Crippen molar-refractivity contribution in [2.24, 2.45) is 10.4 Å². The van der Waals surface area contributed by atoms with Gasteiger partial charge in [-0.15, -0.1) is 24.0 Å². The molecule has 2 heterocycles. The van der Waals surface area contributed by atoms with E-state index < -0.39 is 0 Å². The molecule has 1 aromatic rings. The van der Waals surface area contributed by atoms with Gasteiger partial charge in [0.15, 0.2) is 5.96 Å². The molecule has 1 N–H and O–H groups in total. The molecule has 0 radical (unpaired) electrons. The van der Waals surface area contributed by atoms with Gasteiger partial charge in [-0.1, -0.05) is 31.4 Å². The molecule has 0 aromatic heterocycles. The Morgan fingerprint density at radius 2 is 1.90 bits per heavy atom. The molecular formula is C23H36IN3O2. The quantitative estimate of drug-likeness (QED) is 0.373. The van der Waals surface area contributed by atoms with Crippen LogP contribution in [-0.2, 0) is 10.2 Å². The zero-order chi connectivity index (χ0) is 19.5. The van der Waals surface area contributed by atoms with E-state index in [4.69, 9.17) is 9.47 Å². The normalized spacial score (nSPS) is 26.4. The molecule has 2 saturated heterocycles. The average Bonchev–Trinajstić information content (AvgIpc) is 3.39. The van der Waals surface area contributed by atoms with Gasteiger partial charge in [-0.05, 0) is 43.4 Å². The van der Waals surface area contributed by atoms with Crippen LogP contribution in [0.5, 0.6) is 5.75 Å². The van der Waals surface area contributed by atoms with Crippen LogP contribution in [0.25, 0.3) is 0 Å². The van der Waals surface area contributed by atoms with Crippen molar-refractivity contribution in [1.82, 2.24) is 10.2 Å². The van der Waals surface area contributed by atoms with Crippen LogP contribution in [0, 0.1) is 5.41 Å². The Hall–Kier alpha value is -1.02. The SMILES string of the molecule is CN=C(NCC1(c2ccc(OC)cc2)CCCCC1)N1CCC2(CCOC2)C1.I. The van der Waals surface area contributed by atoms with Crippen molar-refractivity contribution in [1.29, 1.82) is 0 Å². The Morgan fingerprint density at radius 3 is 2.52 bits per heavy atom. The van der Waals surface area contributed by atoms with Crippen LogP contribution in [0.15, 0.2) is 29.3 Å². The highest BCUT2D eigenvalue weighted by atomic mass is 127. The maximum absolute atomic E-state index is 5.69. The number of hydrogen-bond acceptors (Lipinski definition) is 3. The Balaban J connectivity index is 0.00000240. The lowest BCUT2D eigenvalue weighted by Crippen LogP contribution is -2.48. The van der Waals surface area contributed by atoms with Crippen LogP contribution in [0.1, 0.15) is 50.5 Å². The van der Waals surface area contributed by atoms with Crippen molar-refractivity contribution >= 4 is 29.9 Å². The van der Waals surface area contributed by atoms with Gasteiger partial charge in [0.25, 0.3) is 0 Å². The fourth-order valence-electron chi connectivity index (χ4n) is 5.41. The van der Waals surface area contributed by atoms with Crippen LogP contribution in [0.3, 0.4) is 0 Å². The molecule has 2 aliphatic heterocycles. The number of nitrogens with zero attached hydrogens (tertiary/aromatic N) is 2. The molecule has 6 heteroatoms. The minimum atomic E-state index is 0. The number of halogens is 1. The number of aliphatic imine (C=N–C) groups is 1. The van der Waals surface area contributed by atoms with E-state index in [0.29, 0.717) is 5.41 Å². The second-order valence-corrected chi connectivity index (χ2v) is 8.94. The zero-order valence-electron chi connectivity index (χ0n) is 17.9. The molecule has 3 aliphatic rings. The van der Waals surface area contributed by atoms with Crippen molar-refractivity contribution in [2.45, 2.75) is 50.4 Å². The van der Waals surface area contributed by atoms with Crippen molar-refractivity contribution in [3.8, 4) is 5.75 Å². The summed E-state index contributed by atoms with van der Waals surface area (Å²) in [4.78, 5) is 7.08. The molecule has 1 atom stereocenters. The molecule has 162 valence electrons. The summed E-state index contributed by atoms with van der Waals surface area (Å²) in [5.41, 5.74) is 1.97. The van der Waals surface area contributed by atoms with Crippen molar-refractivity contribution < 1.29 is 9.47 Å². The summed E-state index contributed by atoms with van der Waals surface area (Å²) >= 11 is 0. The van der Waals surface area contributed by atoms with Gasteiger partial charge in [-0.3, -0.25) is 4.99 Å². The number of benzene rings is 1. The van der Waals surface area contributed by atoms with Crippen LogP contribution in [-0.4, -0.2) is 57.9 Å². The van der Waals surface area contributed by atoms with E-state index in [-0.39, 0.29) is 29.4 Å². The molecule has 1 aliphatic carbocycles. The first-order valence-electron chi connectivity index (χ1n) is 10.9. The molecule has 0 bridgehead atoms. The van der Waals surface area contributed by atoms with E-state index >= 15 is 0 Å². The number of rotatable bonds is 4. The molecule has 3 fully saturated rings. The van der Waals surface area contributed by atoms with Crippen molar-refractivity contribution in [3.63, 3.8) is 0 Å². The number of guanidine groups is 1. The Labute approximate surface area is 192 Å². The van der Waals surface area contributed by atoms with Gasteiger partial charge >= 0.3 is 0 Å². The summed E-state index contributed by atoms with van der Waals surface area (Å²) in [5, 5.41) is 3.76. The fraction of sp³-hybridized carbons (Fsp3) is 0.696. The summed E-state index contributed by atoms with van der Waals surface area (Å²) < 4.78 is 11.1. The third-order valence-electron chi connectivity index (χ3n) is 7.23. The first-order valence-corrected chi connectivity index (χ1v) is 10.9. The highest BCUT2D eigenvalue weighted by Gasteiger charge is 2.42. The lowest BCUT2D eigenvalue weighted by Gasteiger charge is -2.39. The fourth-order valence-corrected chi connectivity index (χ4v) is 5.41. The number of likely N-dealkylation sites (tertiary alicyclic amines) is 1. The van der Waals surface area contributed by atoms with Crippen LogP contribution in [0.2, 0.25) is 0 Å². The molecule has 1 aromatic carbocycles. The highest BCUT2D eigenvalue weighted by Crippen LogP contribution is 2.40. The summed E-state index contributed by atoms with van der Waals surface area (Å²) in [5.74, 6) is 1.99. The number of ether oxygens (including phenoxy) is 2. The Kier molecular flexibility index (Phi) is 7.70.